The van der Waals surface area contributed by atoms with Crippen molar-refractivity contribution >= 4 is 18.0 Å². The molecule has 0 saturated heterocycles. The fourth-order valence-electron chi connectivity index (χ4n) is 2.34. The molecular weight excluding hydrogens is 346 g/mol. The third-order valence-electron chi connectivity index (χ3n) is 3.59. The van der Waals surface area contributed by atoms with Crippen LogP contribution in [0.15, 0.2) is 87.9 Å². The van der Waals surface area contributed by atoms with Gasteiger partial charge in [-0.2, -0.15) is 9.78 Å². The minimum Gasteiger partial charge on any atom is -0.463 e. The van der Waals surface area contributed by atoms with Crippen molar-refractivity contribution in [1.82, 2.24) is 19.9 Å². The molecule has 128 valence electrons. The molecule has 0 aliphatic carbocycles. The molecule has 0 radical (unpaired) electrons. The Labute approximate surface area is 154 Å². The lowest BCUT2D eigenvalue weighted by atomic mass is 10.2. The number of nitrogens with zero attached hydrogens (tertiary/aromatic N) is 5. The molecule has 0 fully saturated rings. The lowest BCUT2D eigenvalue weighted by Gasteiger charge is -2.04. The van der Waals surface area contributed by atoms with Crippen LogP contribution in [0.4, 0.5) is 0 Å². The van der Waals surface area contributed by atoms with Crippen molar-refractivity contribution in [2.75, 3.05) is 0 Å². The summed E-state index contributed by atoms with van der Waals surface area (Å²) in [7, 11) is 0. The molecule has 0 bridgehead atoms. The van der Waals surface area contributed by atoms with Gasteiger partial charge >= 0.3 is 0 Å². The second-order valence-electron chi connectivity index (χ2n) is 5.39. The first-order valence-corrected chi connectivity index (χ1v) is 8.99. The summed E-state index contributed by atoms with van der Waals surface area (Å²) in [5.74, 6) is 2.08. The zero-order valence-corrected chi connectivity index (χ0v) is 14.6. The van der Waals surface area contributed by atoms with Crippen LogP contribution in [0.5, 0.6) is 0 Å². The SMILES string of the molecule is C(=Nn1c(SCc2ccccc2)nnc1-c1cccnc1)c1ccco1. The average Bonchev–Trinajstić information content (AvgIpc) is 3.36. The van der Waals surface area contributed by atoms with Gasteiger partial charge in [-0.3, -0.25) is 4.98 Å². The number of pyridine rings is 1. The molecule has 3 heterocycles. The van der Waals surface area contributed by atoms with Gasteiger partial charge in [-0.15, -0.1) is 10.2 Å². The van der Waals surface area contributed by atoms with E-state index in [1.165, 1.54) is 5.56 Å². The van der Waals surface area contributed by atoms with E-state index >= 15 is 0 Å². The van der Waals surface area contributed by atoms with Gasteiger partial charge in [0.15, 0.2) is 5.82 Å². The first kappa shape index (κ1) is 16.3. The quantitative estimate of drug-likeness (QED) is 0.382. The molecule has 0 aliphatic heterocycles. The third kappa shape index (κ3) is 3.73. The lowest BCUT2D eigenvalue weighted by Crippen LogP contribution is -1.97. The summed E-state index contributed by atoms with van der Waals surface area (Å²) in [6, 6.07) is 17.7. The van der Waals surface area contributed by atoms with E-state index in [0.717, 1.165) is 11.3 Å². The summed E-state index contributed by atoms with van der Waals surface area (Å²) >= 11 is 1.58. The Morgan fingerprint density at radius 1 is 1.04 bits per heavy atom. The van der Waals surface area contributed by atoms with E-state index in [1.807, 2.05) is 42.5 Å². The minimum atomic E-state index is 0.636. The second kappa shape index (κ2) is 7.79. The van der Waals surface area contributed by atoms with Crippen molar-refractivity contribution < 1.29 is 4.42 Å². The standard InChI is InChI=1S/C19H15N5OS/c1-2-6-15(7-3-1)14-26-19-23-22-18(16-8-4-10-20-12-16)24(19)21-13-17-9-5-11-25-17/h1-13H,14H2. The lowest BCUT2D eigenvalue weighted by molar-refractivity contribution is 0.559. The molecule has 0 spiro atoms. The maximum Gasteiger partial charge on any atom is 0.212 e. The summed E-state index contributed by atoms with van der Waals surface area (Å²) < 4.78 is 7.04. The summed E-state index contributed by atoms with van der Waals surface area (Å²) in [5.41, 5.74) is 2.06. The first-order chi connectivity index (χ1) is 12.9. The molecule has 6 nitrogen and oxygen atoms in total. The van der Waals surface area contributed by atoms with Crippen LogP contribution in [-0.2, 0) is 5.75 Å². The Hall–Kier alpha value is -3.19. The highest BCUT2D eigenvalue weighted by molar-refractivity contribution is 7.98. The first-order valence-electron chi connectivity index (χ1n) is 8.00. The van der Waals surface area contributed by atoms with E-state index in [-0.39, 0.29) is 0 Å². The zero-order chi connectivity index (χ0) is 17.6. The van der Waals surface area contributed by atoms with Gasteiger partial charge < -0.3 is 4.42 Å². The van der Waals surface area contributed by atoms with E-state index in [4.69, 9.17) is 4.42 Å². The molecule has 1 aromatic carbocycles. The van der Waals surface area contributed by atoms with Crippen LogP contribution in [-0.4, -0.2) is 26.1 Å². The summed E-state index contributed by atoms with van der Waals surface area (Å²) in [4.78, 5) is 4.16. The van der Waals surface area contributed by atoms with Crippen LogP contribution >= 0.6 is 11.8 Å². The topological polar surface area (TPSA) is 69.1 Å². The van der Waals surface area contributed by atoms with Crippen molar-refractivity contribution in [3.05, 3.63) is 84.6 Å². The van der Waals surface area contributed by atoms with Gasteiger partial charge in [0.05, 0.1) is 12.5 Å². The molecule has 0 N–H and O–H groups in total. The highest BCUT2D eigenvalue weighted by atomic mass is 32.2. The molecule has 4 rings (SSSR count). The highest BCUT2D eigenvalue weighted by Gasteiger charge is 2.14. The molecule has 0 atom stereocenters. The Balaban J connectivity index is 1.65. The summed E-state index contributed by atoms with van der Waals surface area (Å²) in [6.45, 7) is 0. The van der Waals surface area contributed by atoms with Crippen LogP contribution < -0.4 is 0 Å². The Morgan fingerprint density at radius 3 is 2.73 bits per heavy atom. The summed E-state index contributed by atoms with van der Waals surface area (Å²) in [5, 5.41) is 13.8. The molecular formula is C19H15N5OS. The normalized spacial score (nSPS) is 11.2. The van der Waals surface area contributed by atoms with E-state index in [2.05, 4.69) is 32.4 Å². The number of benzene rings is 1. The number of thioether (sulfide) groups is 1. The van der Waals surface area contributed by atoms with Crippen molar-refractivity contribution in [3.63, 3.8) is 0 Å². The maximum absolute atomic E-state index is 5.32. The molecule has 0 unspecified atom stereocenters. The number of hydrogen-bond donors (Lipinski definition) is 0. The van der Waals surface area contributed by atoms with Crippen molar-refractivity contribution in [3.8, 4) is 11.4 Å². The number of rotatable bonds is 6. The van der Waals surface area contributed by atoms with Crippen LogP contribution in [0.2, 0.25) is 0 Å². The molecule has 7 heteroatoms. The molecule has 0 aliphatic rings. The minimum absolute atomic E-state index is 0.636. The Morgan fingerprint density at radius 2 is 1.96 bits per heavy atom. The van der Waals surface area contributed by atoms with Crippen molar-refractivity contribution in [2.45, 2.75) is 10.9 Å². The average molecular weight is 361 g/mol. The Bertz CT molecular complexity index is 981. The van der Waals surface area contributed by atoms with Gasteiger partial charge in [0.2, 0.25) is 5.16 Å². The summed E-state index contributed by atoms with van der Waals surface area (Å²) in [6.07, 6.45) is 6.73. The largest absolute Gasteiger partial charge is 0.463 e. The van der Waals surface area contributed by atoms with Crippen LogP contribution in [0.1, 0.15) is 11.3 Å². The number of hydrogen-bond acceptors (Lipinski definition) is 6. The fraction of sp³-hybridized carbons (Fsp3) is 0.0526. The predicted molar refractivity (Wildman–Crippen MR) is 101 cm³/mol. The van der Waals surface area contributed by atoms with E-state index < -0.39 is 0 Å². The van der Waals surface area contributed by atoms with Gasteiger partial charge in [0, 0.05) is 23.7 Å². The van der Waals surface area contributed by atoms with Crippen molar-refractivity contribution in [2.24, 2.45) is 5.10 Å². The highest BCUT2D eigenvalue weighted by Crippen LogP contribution is 2.26. The molecule has 0 amide bonds. The predicted octanol–water partition coefficient (Wildman–Crippen LogP) is 4.11. The monoisotopic (exact) mass is 361 g/mol. The van der Waals surface area contributed by atoms with Crippen LogP contribution in [0.3, 0.4) is 0 Å². The van der Waals surface area contributed by atoms with Gasteiger partial charge in [-0.1, -0.05) is 42.1 Å². The van der Waals surface area contributed by atoms with Crippen LogP contribution in [0, 0.1) is 0 Å². The van der Waals surface area contributed by atoms with Gasteiger partial charge in [0.25, 0.3) is 0 Å². The zero-order valence-electron chi connectivity index (χ0n) is 13.8. The molecule has 26 heavy (non-hydrogen) atoms. The van der Waals surface area contributed by atoms with Gasteiger partial charge in [-0.05, 0) is 29.8 Å². The number of aromatic nitrogens is 4. The van der Waals surface area contributed by atoms with Gasteiger partial charge in [-0.25, -0.2) is 0 Å². The van der Waals surface area contributed by atoms with E-state index in [1.54, 1.807) is 41.3 Å². The number of furan rings is 1. The van der Waals surface area contributed by atoms with E-state index in [9.17, 15) is 0 Å². The maximum atomic E-state index is 5.32. The van der Waals surface area contributed by atoms with Crippen LogP contribution in [0.25, 0.3) is 11.4 Å². The molecule has 0 saturated carbocycles. The van der Waals surface area contributed by atoms with Gasteiger partial charge in [0.1, 0.15) is 5.76 Å². The fourth-order valence-corrected chi connectivity index (χ4v) is 3.18. The van der Waals surface area contributed by atoms with E-state index in [0.29, 0.717) is 16.7 Å². The van der Waals surface area contributed by atoms with Crippen molar-refractivity contribution in [1.29, 1.82) is 0 Å². The second-order valence-corrected chi connectivity index (χ2v) is 6.34. The smallest absolute Gasteiger partial charge is 0.212 e. The third-order valence-corrected chi connectivity index (χ3v) is 4.58. The molecule has 3 aromatic heterocycles. The Kier molecular flexibility index (Phi) is 4.88. The molecule has 4 aromatic rings.